The molecular formula is C23H29N3O2. The van der Waals surface area contributed by atoms with Crippen LogP contribution >= 0.6 is 0 Å². The Balaban J connectivity index is 1.62. The van der Waals surface area contributed by atoms with Gasteiger partial charge in [-0.3, -0.25) is 4.79 Å². The molecule has 1 amide bonds. The van der Waals surface area contributed by atoms with Crippen LogP contribution in [0.3, 0.4) is 0 Å². The van der Waals surface area contributed by atoms with Crippen LogP contribution in [0.5, 0.6) is 5.75 Å². The predicted molar refractivity (Wildman–Crippen MR) is 112 cm³/mol. The second kappa shape index (κ2) is 8.23. The highest BCUT2D eigenvalue weighted by atomic mass is 16.5. The van der Waals surface area contributed by atoms with E-state index < -0.39 is 0 Å². The molecule has 0 bridgehead atoms. The zero-order valence-corrected chi connectivity index (χ0v) is 16.7. The van der Waals surface area contributed by atoms with Crippen LogP contribution in [0.1, 0.15) is 41.9 Å². The minimum Gasteiger partial charge on any atom is -0.497 e. The third kappa shape index (κ3) is 3.85. The quantitative estimate of drug-likeness (QED) is 0.861. The molecule has 2 aromatic carbocycles. The Kier molecular flexibility index (Phi) is 5.53. The van der Waals surface area contributed by atoms with Crippen LogP contribution in [0.25, 0.3) is 0 Å². The molecule has 1 saturated heterocycles. The van der Waals surface area contributed by atoms with Gasteiger partial charge in [-0.2, -0.15) is 0 Å². The van der Waals surface area contributed by atoms with Gasteiger partial charge >= 0.3 is 0 Å². The minimum atomic E-state index is -0.154. The predicted octanol–water partition coefficient (Wildman–Crippen LogP) is 3.68. The van der Waals surface area contributed by atoms with Gasteiger partial charge in [0.1, 0.15) is 11.9 Å². The number of carbonyl (C=O) groups excluding carboxylic acids is 1. The van der Waals surface area contributed by atoms with E-state index >= 15 is 0 Å². The maximum Gasteiger partial charge on any atom is 0.255 e. The van der Waals surface area contributed by atoms with Gasteiger partial charge in [-0.25, -0.2) is 0 Å². The van der Waals surface area contributed by atoms with E-state index in [0.717, 1.165) is 43.3 Å². The lowest BCUT2D eigenvalue weighted by molar-refractivity contribution is 0.0924. The first-order valence-electron chi connectivity index (χ1n) is 10.2. The number of piperidine rings is 1. The summed E-state index contributed by atoms with van der Waals surface area (Å²) in [4.78, 5) is 17.7. The molecule has 0 spiro atoms. The fraction of sp³-hybridized carbons (Fsp3) is 0.435. The highest BCUT2D eigenvalue weighted by Crippen LogP contribution is 2.35. The van der Waals surface area contributed by atoms with Crippen LogP contribution in [-0.2, 0) is 0 Å². The molecule has 0 aliphatic carbocycles. The number of hydrogen-bond acceptors (Lipinski definition) is 4. The van der Waals surface area contributed by atoms with E-state index in [1.807, 2.05) is 36.4 Å². The zero-order chi connectivity index (χ0) is 19.5. The summed E-state index contributed by atoms with van der Waals surface area (Å²) >= 11 is 0. The molecule has 5 heteroatoms. The van der Waals surface area contributed by atoms with Crippen molar-refractivity contribution in [1.29, 1.82) is 0 Å². The van der Waals surface area contributed by atoms with Crippen molar-refractivity contribution in [3.8, 4) is 5.75 Å². The van der Waals surface area contributed by atoms with Gasteiger partial charge in [-0.1, -0.05) is 37.3 Å². The fourth-order valence-electron chi connectivity index (χ4n) is 4.18. The molecule has 1 unspecified atom stereocenters. The van der Waals surface area contributed by atoms with E-state index in [1.54, 1.807) is 7.11 Å². The van der Waals surface area contributed by atoms with E-state index in [9.17, 15) is 4.79 Å². The van der Waals surface area contributed by atoms with Gasteiger partial charge in [-0.15, -0.1) is 0 Å². The third-order valence-corrected chi connectivity index (χ3v) is 5.99. The maximum atomic E-state index is 12.8. The van der Waals surface area contributed by atoms with Crippen LogP contribution in [0.2, 0.25) is 0 Å². The molecule has 0 radical (unpaired) electrons. The van der Waals surface area contributed by atoms with Gasteiger partial charge < -0.3 is 19.9 Å². The number of fused-ring (bicyclic) bond motifs is 1. The molecule has 1 atom stereocenters. The van der Waals surface area contributed by atoms with Crippen molar-refractivity contribution in [3.63, 3.8) is 0 Å². The molecule has 0 saturated carbocycles. The first kappa shape index (κ1) is 18.8. The van der Waals surface area contributed by atoms with E-state index in [-0.39, 0.29) is 12.1 Å². The number of hydrogen-bond donors (Lipinski definition) is 1. The Bertz CT molecular complexity index is 816. The normalized spacial score (nSPS) is 20.6. The highest BCUT2D eigenvalue weighted by molar-refractivity contribution is 6.02. The summed E-state index contributed by atoms with van der Waals surface area (Å²) in [5.74, 6) is 1.48. The van der Waals surface area contributed by atoms with E-state index in [0.29, 0.717) is 11.3 Å². The standard InChI is InChI=1S/C23H29N3O2/c1-17-10-12-25(13-11-17)14-15-26-21-9-8-19(28-2)16-20(21)23(27)24-22(26)18-6-4-3-5-7-18/h3-9,16-17,22H,10-15H2,1-2H3,(H,24,27). The molecule has 2 aliphatic heterocycles. The number of carbonyl (C=O) groups is 1. The maximum absolute atomic E-state index is 12.8. The van der Waals surface area contributed by atoms with E-state index in [4.69, 9.17) is 4.74 Å². The van der Waals surface area contributed by atoms with Crippen LogP contribution in [0, 0.1) is 5.92 Å². The smallest absolute Gasteiger partial charge is 0.255 e. The van der Waals surface area contributed by atoms with Crippen molar-refractivity contribution >= 4 is 11.6 Å². The first-order valence-corrected chi connectivity index (χ1v) is 10.2. The molecular weight excluding hydrogens is 350 g/mol. The second-order valence-electron chi connectivity index (χ2n) is 7.89. The van der Waals surface area contributed by atoms with Gasteiger partial charge in [-0.05, 0) is 55.6 Å². The molecule has 2 heterocycles. The summed E-state index contributed by atoms with van der Waals surface area (Å²) in [5.41, 5.74) is 2.76. The van der Waals surface area contributed by atoms with Crippen molar-refractivity contribution in [1.82, 2.24) is 10.2 Å². The lowest BCUT2D eigenvalue weighted by Crippen LogP contribution is -2.49. The van der Waals surface area contributed by atoms with Gasteiger partial charge in [0.15, 0.2) is 0 Å². The van der Waals surface area contributed by atoms with Gasteiger partial charge in [0, 0.05) is 13.1 Å². The van der Waals surface area contributed by atoms with E-state index in [2.05, 4.69) is 34.2 Å². The number of ether oxygens (including phenoxy) is 1. The highest BCUT2D eigenvalue weighted by Gasteiger charge is 2.32. The Morgan fingerprint density at radius 2 is 1.82 bits per heavy atom. The number of methoxy groups -OCH3 is 1. The number of rotatable bonds is 5. The largest absolute Gasteiger partial charge is 0.497 e. The van der Waals surface area contributed by atoms with Crippen LogP contribution in [0.4, 0.5) is 5.69 Å². The van der Waals surface area contributed by atoms with Crippen molar-refractivity contribution in [2.24, 2.45) is 5.92 Å². The van der Waals surface area contributed by atoms with Gasteiger partial charge in [0.25, 0.3) is 5.91 Å². The summed E-state index contributed by atoms with van der Waals surface area (Å²) in [6, 6.07) is 16.0. The average molecular weight is 380 g/mol. The molecule has 1 fully saturated rings. The Morgan fingerprint density at radius 1 is 1.07 bits per heavy atom. The lowest BCUT2D eigenvalue weighted by Gasteiger charge is -2.41. The van der Waals surface area contributed by atoms with Crippen LogP contribution in [-0.4, -0.2) is 44.1 Å². The Labute approximate surface area is 167 Å². The second-order valence-corrected chi connectivity index (χ2v) is 7.89. The molecule has 2 aliphatic rings. The van der Waals surface area contributed by atoms with Crippen molar-refractivity contribution in [3.05, 3.63) is 59.7 Å². The molecule has 4 rings (SSSR count). The SMILES string of the molecule is COc1ccc2c(c1)C(=O)NC(c1ccccc1)N2CCN1CCC(C)CC1. The lowest BCUT2D eigenvalue weighted by atomic mass is 9.99. The minimum absolute atomic E-state index is 0.0502. The van der Waals surface area contributed by atoms with Crippen LogP contribution in [0.15, 0.2) is 48.5 Å². The topological polar surface area (TPSA) is 44.8 Å². The van der Waals surface area contributed by atoms with Crippen molar-refractivity contribution < 1.29 is 9.53 Å². The fourth-order valence-corrected chi connectivity index (χ4v) is 4.18. The summed E-state index contributed by atoms with van der Waals surface area (Å²) in [6.07, 6.45) is 2.39. The van der Waals surface area contributed by atoms with Gasteiger partial charge in [0.2, 0.25) is 0 Å². The first-order chi connectivity index (χ1) is 13.7. The summed E-state index contributed by atoms with van der Waals surface area (Å²) < 4.78 is 5.33. The zero-order valence-electron chi connectivity index (χ0n) is 16.7. The summed E-state index contributed by atoms with van der Waals surface area (Å²) in [6.45, 7) is 6.52. The molecule has 5 nitrogen and oxygen atoms in total. The molecule has 0 aromatic heterocycles. The van der Waals surface area contributed by atoms with E-state index in [1.165, 1.54) is 12.8 Å². The number of likely N-dealkylation sites (tertiary alicyclic amines) is 1. The van der Waals surface area contributed by atoms with Crippen molar-refractivity contribution in [2.45, 2.75) is 25.9 Å². The number of nitrogens with zero attached hydrogens (tertiary/aromatic N) is 2. The molecule has 2 aromatic rings. The monoisotopic (exact) mass is 379 g/mol. The molecule has 148 valence electrons. The van der Waals surface area contributed by atoms with Crippen molar-refractivity contribution in [2.75, 3.05) is 38.2 Å². The number of nitrogens with one attached hydrogen (secondary N) is 1. The number of benzene rings is 2. The summed E-state index contributed by atoms with van der Waals surface area (Å²) in [7, 11) is 1.63. The average Bonchev–Trinajstić information content (AvgIpc) is 2.74. The summed E-state index contributed by atoms with van der Waals surface area (Å²) in [5, 5.41) is 3.20. The van der Waals surface area contributed by atoms with Crippen LogP contribution < -0.4 is 15.0 Å². The molecule has 28 heavy (non-hydrogen) atoms. The Morgan fingerprint density at radius 3 is 2.54 bits per heavy atom. The number of anilines is 1. The van der Waals surface area contributed by atoms with Gasteiger partial charge in [0.05, 0.1) is 18.4 Å². The third-order valence-electron chi connectivity index (χ3n) is 5.99. The molecule has 1 N–H and O–H groups in total. The number of amides is 1. The Hall–Kier alpha value is -2.53.